The Morgan fingerprint density at radius 1 is 1.59 bits per heavy atom. The van der Waals surface area contributed by atoms with Crippen molar-refractivity contribution in [2.45, 2.75) is 12.5 Å². The molecule has 1 fully saturated rings. The molecule has 1 saturated heterocycles. The number of methoxy groups -OCH3 is 1. The average Bonchev–Trinajstić information content (AvgIpc) is 2.77. The van der Waals surface area contributed by atoms with Crippen LogP contribution in [0.15, 0.2) is 18.2 Å². The van der Waals surface area contributed by atoms with E-state index in [1.54, 1.807) is 7.11 Å². The number of carboxylic acid groups (broad SMARTS) is 1. The highest BCUT2D eigenvalue weighted by molar-refractivity contribution is 5.88. The lowest BCUT2D eigenvalue weighted by Crippen LogP contribution is -2.23. The topological polar surface area (TPSA) is 49.8 Å². The van der Waals surface area contributed by atoms with Gasteiger partial charge in [0.05, 0.1) is 17.4 Å². The molecule has 0 unspecified atom stereocenters. The number of hydrogen-bond acceptors (Lipinski definition) is 3. The molecule has 1 aliphatic rings. The van der Waals surface area contributed by atoms with Gasteiger partial charge in [0.2, 0.25) is 0 Å². The zero-order valence-corrected chi connectivity index (χ0v) is 9.52. The molecule has 1 aromatic carbocycles. The van der Waals surface area contributed by atoms with E-state index >= 15 is 0 Å². The first kappa shape index (κ1) is 11.9. The predicted octanol–water partition coefficient (Wildman–Crippen LogP) is 1.75. The highest BCUT2D eigenvalue weighted by Crippen LogP contribution is 2.25. The molecular weight excluding hydrogens is 225 g/mol. The van der Waals surface area contributed by atoms with Gasteiger partial charge in [-0.1, -0.05) is 0 Å². The van der Waals surface area contributed by atoms with E-state index in [0.29, 0.717) is 12.2 Å². The van der Waals surface area contributed by atoms with Crippen LogP contribution in [-0.2, 0) is 4.74 Å². The molecule has 1 aliphatic heterocycles. The van der Waals surface area contributed by atoms with Crippen molar-refractivity contribution in [3.05, 3.63) is 29.6 Å². The van der Waals surface area contributed by atoms with Crippen LogP contribution in [0.3, 0.4) is 0 Å². The molecule has 0 amide bonds. The molecule has 17 heavy (non-hydrogen) atoms. The predicted molar refractivity (Wildman–Crippen MR) is 61.0 cm³/mol. The Morgan fingerprint density at radius 2 is 2.35 bits per heavy atom. The summed E-state index contributed by atoms with van der Waals surface area (Å²) in [5.74, 6) is -1.62. The van der Waals surface area contributed by atoms with E-state index in [-0.39, 0.29) is 11.7 Å². The first-order valence-electron chi connectivity index (χ1n) is 5.42. The summed E-state index contributed by atoms with van der Waals surface area (Å²) in [5, 5.41) is 8.75. The van der Waals surface area contributed by atoms with Gasteiger partial charge in [0, 0.05) is 20.2 Å². The summed E-state index contributed by atoms with van der Waals surface area (Å²) in [6, 6.07) is 3.98. The van der Waals surface area contributed by atoms with Gasteiger partial charge in [-0.25, -0.2) is 9.18 Å². The lowest BCUT2D eigenvalue weighted by Gasteiger charge is -2.19. The van der Waals surface area contributed by atoms with Crippen LogP contribution < -0.4 is 4.90 Å². The summed E-state index contributed by atoms with van der Waals surface area (Å²) in [7, 11) is 1.64. The summed E-state index contributed by atoms with van der Waals surface area (Å²) >= 11 is 0. The summed E-state index contributed by atoms with van der Waals surface area (Å²) < 4.78 is 19.0. The monoisotopic (exact) mass is 239 g/mol. The number of nitrogens with zero attached hydrogens (tertiary/aromatic N) is 1. The third kappa shape index (κ3) is 2.39. The molecule has 0 saturated carbocycles. The van der Waals surface area contributed by atoms with Crippen molar-refractivity contribution in [1.29, 1.82) is 0 Å². The lowest BCUT2D eigenvalue weighted by atomic mass is 10.2. The van der Waals surface area contributed by atoms with Crippen molar-refractivity contribution >= 4 is 11.7 Å². The van der Waals surface area contributed by atoms with Crippen LogP contribution in [0.4, 0.5) is 10.1 Å². The summed E-state index contributed by atoms with van der Waals surface area (Å²) in [5.41, 5.74) is 0.406. The van der Waals surface area contributed by atoms with Gasteiger partial charge in [-0.15, -0.1) is 0 Å². The molecule has 1 heterocycles. The number of benzene rings is 1. The standard InChI is InChI=1S/C12H14FNO3/c1-17-9-4-5-14(7-9)11-3-2-8(12(15)16)6-10(11)13/h2-3,6,9H,4-5,7H2,1H3,(H,15,16)/t9-/m1/s1. The Morgan fingerprint density at radius 3 is 2.88 bits per heavy atom. The van der Waals surface area contributed by atoms with Crippen LogP contribution in [0.5, 0.6) is 0 Å². The highest BCUT2D eigenvalue weighted by atomic mass is 19.1. The highest BCUT2D eigenvalue weighted by Gasteiger charge is 2.24. The number of halogens is 1. The second-order valence-corrected chi connectivity index (χ2v) is 4.06. The Bertz CT molecular complexity index is 436. The summed E-state index contributed by atoms with van der Waals surface area (Å²) in [6.45, 7) is 1.36. The zero-order valence-electron chi connectivity index (χ0n) is 9.52. The van der Waals surface area contributed by atoms with Crippen LogP contribution in [0, 0.1) is 5.82 Å². The average molecular weight is 239 g/mol. The van der Waals surface area contributed by atoms with Crippen LogP contribution in [0.2, 0.25) is 0 Å². The van der Waals surface area contributed by atoms with Crippen molar-refractivity contribution in [1.82, 2.24) is 0 Å². The van der Waals surface area contributed by atoms with Crippen molar-refractivity contribution < 1.29 is 19.0 Å². The number of rotatable bonds is 3. The van der Waals surface area contributed by atoms with Gasteiger partial charge < -0.3 is 14.7 Å². The van der Waals surface area contributed by atoms with Gasteiger partial charge >= 0.3 is 5.97 Å². The molecule has 4 nitrogen and oxygen atoms in total. The third-order valence-electron chi connectivity index (χ3n) is 3.01. The van der Waals surface area contributed by atoms with Crippen LogP contribution in [0.1, 0.15) is 16.8 Å². The first-order chi connectivity index (χ1) is 8.11. The van der Waals surface area contributed by atoms with E-state index in [4.69, 9.17) is 9.84 Å². The van der Waals surface area contributed by atoms with E-state index < -0.39 is 11.8 Å². The molecule has 5 heteroatoms. The maximum absolute atomic E-state index is 13.7. The maximum atomic E-state index is 13.7. The van der Waals surface area contributed by atoms with Crippen molar-refractivity contribution in [2.24, 2.45) is 0 Å². The third-order valence-corrected chi connectivity index (χ3v) is 3.01. The second kappa shape index (κ2) is 4.71. The molecule has 0 spiro atoms. The van der Waals surface area contributed by atoms with Crippen LogP contribution in [-0.4, -0.2) is 37.4 Å². The van der Waals surface area contributed by atoms with E-state index in [0.717, 1.165) is 19.0 Å². The number of hydrogen-bond donors (Lipinski definition) is 1. The molecule has 1 N–H and O–H groups in total. The van der Waals surface area contributed by atoms with E-state index in [1.165, 1.54) is 12.1 Å². The SMILES string of the molecule is CO[C@@H]1CCN(c2ccc(C(=O)O)cc2F)C1. The number of aromatic carboxylic acids is 1. The van der Waals surface area contributed by atoms with Crippen molar-refractivity contribution in [2.75, 3.05) is 25.1 Å². The fourth-order valence-electron chi connectivity index (χ4n) is 2.04. The minimum Gasteiger partial charge on any atom is -0.478 e. The molecule has 1 atom stereocenters. The molecule has 1 aromatic rings. The fraction of sp³-hybridized carbons (Fsp3) is 0.417. The molecule has 92 valence electrons. The molecule has 0 aromatic heterocycles. The molecule has 0 aliphatic carbocycles. The Labute approximate surface area is 98.6 Å². The minimum atomic E-state index is -1.12. The summed E-state index contributed by atoms with van der Waals surface area (Å²) in [4.78, 5) is 12.6. The van der Waals surface area contributed by atoms with Crippen LogP contribution in [0.25, 0.3) is 0 Å². The van der Waals surface area contributed by atoms with E-state index in [2.05, 4.69) is 0 Å². The quantitative estimate of drug-likeness (QED) is 0.873. The Kier molecular flexibility index (Phi) is 3.28. The maximum Gasteiger partial charge on any atom is 0.335 e. The van der Waals surface area contributed by atoms with Crippen molar-refractivity contribution in [3.63, 3.8) is 0 Å². The second-order valence-electron chi connectivity index (χ2n) is 4.06. The van der Waals surface area contributed by atoms with Gasteiger partial charge in [0.25, 0.3) is 0 Å². The fourth-order valence-corrected chi connectivity index (χ4v) is 2.04. The number of ether oxygens (including phenoxy) is 1. The molecule has 0 radical (unpaired) electrons. The van der Waals surface area contributed by atoms with Gasteiger partial charge in [-0.3, -0.25) is 0 Å². The van der Waals surface area contributed by atoms with Gasteiger partial charge in [0.1, 0.15) is 5.82 Å². The normalized spacial score (nSPS) is 19.6. The zero-order chi connectivity index (χ0) is 12.4. The lowest BCUT2D eigenvalue weighted by molar-refractivity contribution is 0.0696. The van der Waals surface area contributed by atoms with Gasteiger partial charge in [-0.05, 0) is 24.6 Å². The smallest absolute Gasteiger partial charge is 0.335 e. The first-order valence-corrected chi connectivity index (χ1v) is 5.42. The molecular formula is C12H14FNO3. The largest absolute Gasteiger partial charge is 0.478 e. The Balaban J connectivity index is 2.20. The van der Waals surface area contributed by atoms with Gasteiger partial charge in [0.15, 0.2) is 0 Å². The van der Waals surface area contributed by atoms with Gasteiger partial charge in [-0.2, -0.15) is 0 Å². The number of carbonyl (C=O) groups is 1. The summed E-state index contributed by atoms with van der Waals surface area (Å²) in [6.07, 6.45) is 0.977. The minimum absolute atomic E-state index is 0.0336. The Hall–Kier alpha value is -1.62. The van der Waals surface area contributed by atoms with E-state index in [1.807, 2.05) is 4.90 Å². The number of carboxylic acids is 1. The molecule has 2 rings (SSSR count). The van der Waals surface area contributed by atoms with E-state index in [9.17, 15) is 9.18 Å². The van der Waals surface area contributed by atoms with Crippen molar-refractivity contribution in [3.8, 4) is 0 Å². The number of anilines is 1. The molecule has 0 bridgehead atoms. The van der Waals surface area contributed by atoms with Crippen LogP contribution >= 0.6 is 0 Å².